The first kappa shape index (κ1) is 10.8. The van der Waals surface area contributed by atoms with E-state index in [4.69, 9.17) is 0 Å². The lowest BCUT2D eigenvalue weighted by Crippen LogP contribution is -2.35. The van der Waals surface area contributed by atoms with Gasteiger partial charge in [-0.1, -0.05) is 31.2 Å². The maximum absolute atomic E-state index is 12.4. The van der Waals surface area contributed by atoms with E-state index >= 15 is 0 Å². The van der Waals surface area contributed by atoms with Gasteiger partial charge in [0.15, 0.2) is 0 Å². The van der Waals surface area contributed by atoms with Gasteiger partial charge in [-0.15, -0.1) is 0 Å². The summed E-state index contributed by atoms with van der Waals surface area (Å²) in [6.45, 7) is 5.55. The number of fused-ring (bicyclic) bond motifs is 1. The highest BCUT2D eigenvalue weighted by Gasteiger charge is 2.34. The first-order chi connectivity index (χ1) is 8.25. The highest BCUT2D eigenvalue weighted by molar-refractivity contribution is 5.80. The standard InChI is InChI=1S/C14H18N2O/c1-10-6-15-7-13(10)14(17)16-8-11-4-2-3-5-12(11)9-16/h2-5,10,13,15H,6-9H2,1H3/t10-,13-/m1/s1. The third-order valence-electron chi connectivity index (χ3n) is 3.99. The lowest BCUT2D eigenvalue weighted by atomic mass is 9.97. The molecule has 2 aliphatic heterocycles. The second-order valence-electron chi connectivity index (χ2n) is 5.21. The lowest BCUT2D eigenvalue weighted by Gasteiger charge is -2.22. The van der Waals surface area contributed by atoms with Crippen LogP contribution in [0.2, 0.25) is 0 Å². The first-order valence-electron chi connectivity index (χ1n) is 6.32. The van der Waals surface area contributed by atoms with Crippen LogP contribution in [0.25, 0.3) is 0 Å². The molecule has 0 bridgehead atoms. The van der Waals surface area contributed by atoms with Crippen molar-refractivity contribution in [3.05, 3.63) is 35.4 Å². The van der Waals surface area contributed by atoms with E-state index < -0.39 is 0 Å². The summed E-state index contributed by atoms with van der Waals surface area (Å²) in [6.07, 6.45) is 0. The number of nitrogens with one attached hydrogen (secondary N) is 1. The minimum absolute atomic E-state index is 0.171. The van der Waals surface area contributed by atoms with Gasteiger partial charge in [0.25, 0.3) is 0 Å². The maximum atomic E-state index is 12.4. The number of nitrogens with zero attached hydrogens (tertiary/aromatic N) is 1. The van der Waals surface area contributed by atoms with Crippen LogP contribution in [0.1, 0.15) is 18.1 Å². The van der Waals surface area contributed by atoms with Crippen molar-refractivity contribution in [1.82, 2.24) is 10.2 Å². The van der Waals surface area contributed by atoms with Crippen molar-refractivity contribution < 1.29 is 4.79 Å². The van der Waals surface area contributed by atoms with E-state index in [2.05, 4.69) is 24.4 Å². The molecule has 1 aromatic rings. The molecule has 1 fully saturated rings. The second kappa shape index (κ2) is 4.15. The average Bonchev–Trinajstić information content (AvgIpc) is 2.93. The molecular formula is C14H18N2O. The zero-order valence-corrected chi connectivity index (χ0v) is 10.1. The SMILES string of the molecule is C[C@@H]1CNC[C@H]1C(=O)N1Cc2ccccc2C1. The van der Waals surface area contributed by atoms with Crippen LogP contribution in [0.5, 0.6) is 0 Å². The maximum Gasteiger partial charge on any atom is 0.227 e. The van der Waals surface area contributed by atoms with Crippen LogP contribution in [0.3, 0.4) is 0 Å². The van der Waals surface area contributed by atoms with Gasteiger partial charge in [0, 0.05) is 19.6 Å². The molecule has 1 amide bonds. The molecule has 2 heterocycles. The van der Waals surface area contributed by atoms with Crippen LogP contribution >= 0.6 is 0 Å². The predicted molar refractivity (Wildman–Crippen MR) is 66.2 cm³/mol. The third kappa shape index (κ3) is 1.84. The van der Waals surface area contributed by atoms with Crippen molar-refractivity contribution in [3.8, 4) is 0 Å². The number of benzene rings is 1. The fraction of sp³-hybridized carbons (Fsp3) is 0.500. The molecule has 0 radical (unpaired) electrons. The number of carbonyl (C=O) groups is 1. The van der Waals surface area contributed by atoms with Crippen LogP contribution in [-0.2, 0) is 17.9 Å². The molecule has 2 atom stereocenters. The molecule has 90 valence electrons. The van der Waals surface area contributed by atoms with Gasteiger partial charge in [0.2, 0.25) is 5.91 Å². The molecule has 0 spiro atoms. The Morgan fingerprint density at radius 3 is 2.41 bits per heavy atom. The summed E-state index contributed by atoms with van der Waals surface area (Å²) in [5.41, 5.74) is 2.61. The fourth-order valence-electron chi connectivity index (χ4n) is 2.86. The Morgan fingerprint density at radius 2 is 1.88 bits per heavy atom. The summed E-state index contributed by atoms with van der Waals surface area (Å²) in [5, 5.41) is 3.30. The molecule has 1 aromatic carbocycles. The lowest BCUT2D eigenvalue weighted by molar-refractivity contribution is -0.136. The Hall–Kier alpha value is -1.35. The highest BCUT2D eigenvalue weighted by atomic mass is 16.2. The van der Waals surface area contributed by atoms with Gasteiger partial charge in [-0.3, -0.25) is 4.79 Å². The van der Waals surface area contributed by atoms with Crippen molar-refractivity contribution in [2.75, 3.05) is 13.1 Å². The van der Waals surface area contributed by atoms with Gasteiger partial charge < -0.3 is 10.2 Å². The van der Waals surface area contributed by atoms with Gasteiger partial charge in [-0.25, -0.2) is 0 Å². The van der Waals surface area contributed by atoms with Gasteiger partial charge >= 0.3 is 0 Å². The quantitative estimate of drug-likeness (QED) is 0.790. The number of hydrogen-bond donors (Lipinski definition) is 1. The van der Waals surface area contributed by atoms with Gasteiger partial charge in [0.1, 0.15) is 0 Å². The van der Waals surface area contributed by atoms with E-state index in [0.717, 1.165) is 26.2 Å². The second-order valence-corrected chi connectivity index (χ2v) is 5.21. The average molecular weight is 230 g/mol. The summed E-state index contributed by atoms with van der Waals surface area (Å²) in [6, 6.07) is 8.34. The van der Waals surface area contributed by atoms with E-state index in [0.29, 0.717) is 11.8 Å². The number of carbonyl (C=O) groups excluding carboxylic acids is 1. The monoisotopic (exact) mass is 230 g/mol. The molecule has 3 nitrogen and oxygen atoms in total. The summed E-state index contributed by atoms with van der Waals surface area (Å²) in [7, 11) is 0. The van der Waals surface area contributed by atoms with Crippen LogP contribution < -0.4 is 5.32 Å². The summed E-state index contributed by atoms with van der Waals surface area (Å²) in [5.74, 6) is 0.953. The summed E-state index contributed by atoms with van der Waals surface area (Å²) >= 11 is 0. The van der Waals surface area contributed by atoms with E-state index in [9.17, 15) is 4.79 Å². The molecule has 17 heavy (non-hydrogen) atoms. The third-order valence-corrected chi connectivity index (χ3v) is 3.99. The van der Waals surface area contributed by atoms with Gasteiger partial charge in [0.05, 0.1) is 5.92 Å². The van der Waals surface area contributed by atoms with Crippen molar-refractivity contribution in [1.29, 1.82) is 0 Å². The molecule has 0 saturated carbocycles. The Labute approximate surface area is 102 Å². The van der Waals surface area contributed by atoms with Crippen LogP contribution in [0, 0.1) is 11.8 Å². The highest BCUT2D eigenvalue weighted by Crippen LogP contribution is 2.26. The number of amides is 1. The Bertz CT molecular complexity index is 419. The van der Waals surface area contributed by atoms with Crippen molar-refractivity contribution >= 4 is 5.91 Å². The predicted octanol–water partition coefficient (Wildman–Crippen LogP) is 1.38. The number of rotatable bonds is 1. The zero-order valence-electron chi connectivity index (χ0n) is 10.1. The fourth-order valence-corrected chi connectivity index (χ4v) is 2.86. The summed E-state index contributed by atoms with van der Waals surface area (Å²) < 4.78 is 0. The zero-order chi connectivity index (χ0) is 11.8. The van der Waals surface area contributed by atoms with Crippen molar-refractivity contribution in [2.45, 2.75) is 20.0 Å². The minimum Gasteiger partial charge on any atom is -0.334 e. The van der Waals surface area contributed by atoms with Gasteiger partial charge in [-0.05, 0) is 23.6 Å². The normalized spacial score (nSPS) is 27.2. The Balaban J connectivity index is 1.74. The molecule has 0 unspecified atom stereocenters. The van der Waals surface area contributed by atoms with E-state index in [1.165, 1.54) is 11.1 Å². The minimum atomic E-state index is 0.171. The number of hydrogen-bond acceptors (Lipinski definition) is 2. The van der Waals surface area contributed by atoms with Crippen molar-refractivity contribution in [3.63, 3.8) is 0 Å². The molecule has 1 N–H and O–H groups in total. The topological polar surface area (TPSA) is 32.3 Å². The van der Waals surface area contributed by atoms with Crippen LogP contribution in [-0.4, -0.2) is 23.9 Å². The molecule has 0 aromatic heterocycles. The molecule has 1 saturated heterocycles. The van der Waals surface area contributed by atoms with E-state index in [1.807, 2.05) is 17.0 Å². The molecule has 2 aliphatic rings. The van der Waals surface area contributed by atoms with E-state index in [1.54, 1.807) is 0 Å². The molecule has 3 rings (SSSR count). The van der Waals surface area contributed by atoms with Crippen LogP contribution in [0.15, 0.2) is 24.3 Å². The summed E-state index contributed by atoms with van der Waals surface area (Å²) in [4.78, 5) is 14.4. The first-order valence-corrected chi connectivity index (χ1v) is 6.32. The van der Waals surface area contributed by atoms with Crippen molar-refractivity contribution in [2.24, 2.45) is 11.8 Å². The molecule has 0 aliphatic carbocycles. The molecule has 3 heteroatoms. The largest absolute Gasteiger partial charge is 0.334 e. The van der Waals surface area contributed by atoms with E-state index in [-0.39, 0.29) is 5.92 Å². The van der Waals surface area contributed by atoms with Crippen LogP contribution in [0.4, 0.5) is 0 Å². The smallest absolute Gasteiger partial charge is 0.227 e. The Morgan fingerprint density at radius 1 is 1.24 bits per heavy atom. The Kier molecular flexibility index (Phi) is 2.63. The van der Waals surface area contributed by atoms with Gasteiger partial charge in [-0.2, -0.15) is 0 Å². The molecular weight excluding hydrogens is 212 g/mol.